The molecule has 36 heavy (non-hydrogen) atoms. The molecule has 0 N–H and O–H groups in total. The van der Waals surface area contributed by atoms with Crippen molar-refractivity contribution in [2.24, 2.45) is 23.7 Å². The van der Waals surface area contributed by atoms with E-state index in [-0.39, 0.29) is 0 Å². The van der Waals surface area contributed by atoms with Gasteiger partial charge in [-0.05, 0) is 133 Å². The lowest BCUT2D eigenvalue weighted by molar-refractivity contribution is 0.223. The second-order valence-electron chi connectivity index (χ2n) is 12.3. The summed E-state index contributed by atoms with van der Waals surface area (Å²) in [6.45, 7) is 7.14. The molecule has 0 heterocycles. The third kappa shape index (κ3) is 4.72. The molecule has 1 saturated carbocycles. The van der Waals surface area contributed by atoms with E-state index >= 15 is 0 Å². The molecule has 2 aromatic carbocycles. The molecule has 4 aliphatic carbocycles. The Morgan fingerprint density at radius 3 is 2.47 bits per heavy atom. The van der Waals surface area contributed by atoms with Gasteiger partial charge in [-0.3, -0.25) is 0 Å². The topological polar surface area (TPSA) is 0 Å². The second-order valence-corrected chi connectivity index (χ2v) is 12.3. The molecule has 0 aromatic heterocycles. The van der Waals surface area contributed by atoms with Crippen LogP contribution in [0, 0.1) is 30.6 Å². The molecular weight excluding hydrogens is 432 g/mol. The van der Waals surface area contributed by atoms with Crippen LogP contribution >= 0.6 is 0 Å². The molecule has 0 radical (unpaired) electrons. The lowest BCUT2D eigenvalue weighted by atomic mass is 9.75. The molecule has 0 amide bonds. The minimum absolute atomic E-state index is 0.408. The van der Waals surface area contributed by atoms with E-state index in [1.807, 2.05) is 0 Å². The summed E-state index contributed by atoms with van der Waals surface area (Å²) in [5.41, 5.74) is 13.5. The monoisotopic (exact) mass is 474 g/mol. The highest BCUT2D eigenvalue weighted by Crippen LogP contribution is 2.42. The van der Waals surface area contributed by atoms with Crippen molar-refractivity contribution in [3.63, 3.8) is 0 Å². The van der Waals surface area contributed by atoms with Gasteiger partial charge in [-0.25, -0.2) is 0 Å². The Morgan fingerprint density at radius 1 is 0.833 bits per heavy atom. The molecule has 186 valence electrons. The van der Waals surface area contributed by atoms with Gasteiger partial charge in [-0.1, -0.05) is 80.6 Å². The van der Waals surface area contributed by atoms with Crippen molar-refractivity contribution >= 4 is 5.57 Å². The fraction of sp³-hybridized carbons (Fsp3) is 0.444. The van der Waals surface area contributed by atoms with Gasteiger partial charge in [0.2, 0.25) is 0 Å². The molecule has 0 bridgehead atoms. The van der Waals surface area contributed by atoms with Gasteiger partial charge in [0.05, 0.1) is 0 Å². The van der Waals surface area contributed by atoms with Gasteiger partial charge in [0, 0.05) is 5.92 Å². The summed E-state index contributed by atoms with van der Waals surface area (Å²) in [4.78, 5) is 0. The third-order valence-electron chi connectivity index (χ3n) is 9.66. The Labute approximate surface area is 218 Å². The molecule has 4 aliphatic rings. The normalized spacial score (nSPS) is 24.9. The predicted molar refractivity (Wildman–Crippen MR) is 154 cm³/mol. The van der Waals surface area contributed by atoms with E-state index in [2.05, 4.69) is 87.5 Å². The summed E-state index contributed by atoms with van der Waals surface area (Å²) >= 11 is 0. The molecule has 1 atom stereocenters. The van der Waals surface area contributed by atoms with Crippen molar-refractivity contribution in [1.29, 1.82) is 0 Å². The minimum Gasteiger partial charge on any atom is -0.0726 e. The average Bonchev–Trinajstić information content (AvgIpc) is 3.56. The minimum atomic E-state index is 0.408. The number of fused-ring (bicyclic) bond motifs is 2. The van der Waals surface area contributed by atoms with Crippen molar-refractivity contribution < 1.29 is 0 Å². The van der Waals surface area contributed by atoms with Crippen LogP contribution in [0.4, 0.5) is 0 Å². The molecule has 0 heteroatoms. The largest absolute Gasteiger partial charge is 0.0726 e. The van der Waals surface area contributed by atoms with Crippen LogP contribution in [0.3, 0.4) is 0 Å². The first kappa shape index (κ1) is 23.8. The maximum absolute atomic E-state index is 2.47. The third-order valence-corrected chi connectivity index (χ3v) is 9.66. The van der Waals surface area contributed by atoms with Crippen LogP contribution in [-0.4, -0.2) is 0 Å². The zero-order chi connectivity index (χ0) is 24.6. The summed E-state index contributed by atoms with van der Waals surface area (Å²) in [5.74, 6) is 3.09. The molecule has 2 aromatic rings. The van der Waals surface area contributed by atoms with Crippen molar-refractivity contribution in [3.05, 3.63) is 111 Å². The fourth-order valence-corrected chi connectivity index (χ4v) is 7.32. The first-order valence-electron chi connectivity index (χ1n) is 14.5. The zero-order valence-corrected chi connectivity index (χ0v) is 22.5. The number of benzene rings is 2. The quantitative estimate of drug-likeness (QED) is 0.391. The molecule has 0 saturated heterocycles. The summed E-state index contributed by atoms with van der Waals surface area (Å²) in [7, 11) is 0. The standard InChI is InChI=1S/C36H42/c1-24(2)28-13-10-26(11-14-28)21-30-15-12-27(20-25(30)3)22-32-18-19-35(36-9-5-8-34(32)36)33-17-16-29-6-4-7-31(29)23-33/h5,8-9,12,15-20,23-24,26,28,36H,4,6-7,10-11,13-14,21-22H2,1-3H3. The zero-order valence-electron chi connectivity index (χ0n) is 22.5. The summed E-state index contributed by atoms with van der Waals surface area (Å²) in [6.07, 6.45) is 23.6. The van der Waals surface area contributed by atoms with Crippen LogP contribution < -0.4 is 0 Å². The smallest absolute Gasteiger partial charge is 0.0281 e. The number of rotatable bonds is 6. The lowest BCUT2D eigenvalue weighted by Gasteiger charge is -2.31. The maximum atomic E-state index is 2.47. The number of allylic oxidation sites excluding steroid dienone is 8. The highest BCUT2D eigenvalue weighted by atomic mass is 14.3. The van der Waals surface area contributed by atoms with Gasteiger partial charge in [-0.15, -0.1) is 0 Å². The molecule has 0 nitrogen and oxygen atoms in total. The number of hydrogen-bond acceptors (Lipinski definition) is 0. The highest BCUT2D eigenvalue weighted by Gasteiger charge is 2.27. The Kier molecular flexibility index (Phi) is 6.63. The van der Waals surface area contributed by atoms with Crippen LogP contribution in [0.25, 0.3) is 5.57 Å². The molecule has 0 spiro atoms. The van der Waals surface area contributed by atoms with Crippen LogP contribution in [-0.2, 0) is 25.7 Å². The fourth-order valence-electron chi connectivity index (χ4n) is 7.32. The average molecular weight is 475 g/mol. The van der Waals surface area contributed by atoms with E-state index in [9.17, 15) is 0 Å². The molecule has 1 unspecified atom stereocenters. The van der Waals surface area contributed by atoms with Crippen molar-refractivity contribution in [2.45, 2.75) is 78.6 Å². The maximum Gasteiger partial charge on any atom is 0.0281 e. The lowest BCUT2D eigenvalue weighted by Crippen LogP contribution is -2.20. The highest BCUT2D eigenvalue weighted by molar-refractivity contribution is 5.79. The van der Waals surface area contributed by atoms with Crippen LogP contribution in [0.2, 0.25) is 0 Å². The van der Waals surface area contributed by atoms with Gasteiger partial charge >= 0.3 is 0 Å². The van der Waals surface area contributed by atoms with Crippen LogP contribution in [0.5, 0.6) is 0 Å². The Hall–Kier alpha value is -2.60. The second kappa shape index (κ2) is 10.0. The van der Waals surface area contributed by atoms with E-state index in [0.717, 1.165) is 24.2 Å². The number of hydrogen-bond donors (Lipinski definition) is 0. The van der Waals surface area contributed by atoms with E-state index in [1.54, 1.807) is 16.7 Å². The van der Waals surface area contributed by atoms with E-state index in [1.165, 1.54) is 84.8 Å². The predicted octanol–water partition coefficient (Wildman–Crippen LogP) is 9.17. The van der Waals surface area contributed by atoms with Crippen LogP contribution in [0.1, 0.15) is 79.3 Å². The van der Waals surface area contributed by atoms with E-state index < -0.39 is 0 Å². The molecule has 1 fully saturated rings. The first-order valence-corrected chi connectivity index (χ1v) is 14.5. The molecule has 6 rings (SSSR count). The molecule has 0 aliphatic heterocycles. The number of aryl methyl sites for hydroxylation is 3. The SMILES string of the molecule is Cc1cc(CC2=CC=C(c3ccc4c(c3)CCC4)C3C=CC=C23)ccc1CC1CCC(C(C)C)CC1. The van der Waals surface area contributed by atoms with E-state index in [4.69, 9.17) is 0 Å². The van der Waals surface area contributed by atoms with Gasteiger partial charge in [0.15, 0.2) is 0 Å². The Bertz CT molecular complexity index is 1250. The Balaban J connectivity index is 1.16. The van der Waals surface area contributed by atoms with Gasteiger partial charge < -0.3 is 0 Å². The Morgan fingerprint density at radius 2 is 1.67 bits per heavy atom. The molecular formula is C36H42. The van der Waals surface area contributed by atoms with Crippen molar-refractivity contribution in [2.75, 3.05) is 0 Å². The van der Waals surface area contributed by atoms with Gasteiger partial charge in [0.1, 0.15) is 0 Å². The van der Waals surface area contributed by atoms with Crippen molar-refractivity contribution in [3.8, 4) is 0 Å². The van der Waals surface area contributed by atoms with Gasteiger partial charge in [0.25, 0.3) is 0 Å². The first-order chi connectivity index (χ1) is 17.5. The van der Waals surface area contributed by atoms with E-state index in [0.29, 0.717) is 5.92 Å². The van der Waals surface area contributed by atoms with Gasteiger partial charge in [-0.2, -0.15) is 0 Å². The summed E-state index contributed by atoms with van der Waals surface area (Å²) in [6, 6.07) is 14.5. The summed E-state index contributed by atoms with van der Waals surface area (Å²) < 4.78 is 0. The van der Waals surface area contributed by atoms with Crippen molar-refractivity contribution in [1.82, 2.24) is 0 Å². The summed E-state index contributed by atoms with van der Waals surface area (Å²) in [5, 5.41) is 0. The van der Waals surface area contributed by atoms with Crippen LogP contribution in [0.15, 0.2) is 77.9 Å².